The molecule has 0 amide bonds. The maximum atomic E-state index is 2.41. The predicted octanol–water partition coefficient (Wildman–Crippen LogP) is 7.82. The third kappa shape index (κ3) is 1.84. The topological polar surface area (TPSA) is 0 Å². The standard InChI is InChI=1S/C25H16S/c1-15-10-11-18-20(12-15)16-6-2-3-7-17(16)21-13-23-19-8-4-5-9-24(19)26-25(23)14-22(18)21/h2-14H,1H3. The van der Waals surface area contributed by atoms with E-state index in [0.29, 0.717) is 0 Å². The lowest BCUT2D eigenvalue weighted by molar-refractivity contribution is 1.51. The fourth-order valence-electron chi connectivity index (χ4n) is 4.29. The Bertz CT molecular complexity index is 1480. The van der Waals surface area contributed by atoms with Gasteiger partial charge in [0, 0.05) is 20.2 Å². The summed E-state index contributed by atoms with van der Waals surface area (Å²) in [6, 6.07) is 29.2. The van der Waals surface area contributed by atoms with Gasteiger partial charge in [0.2, 0.25) is 0 Å². The van der Waals surface area contributed by atoms with Crippen LogP contribution in [0.2, 0.25) is 0 Å². The van der Waals surface area contributed by atoms with E-state index in [1.807, 2.05) is 11.3 Å². The summed E-state index contributed by atoms with van der Waals surface area (Å²) >= 11 is 1.89. The van der Waals surface area contributed by atoms with Gasteiger partial charge in [-0.05, 0) is 57.4 Å². The highest BCUT2D eigenvalue weighted by Crippen LogP contribution is 2.41. The number of rotatable bonds is 0. The van der Waals surface area contributed by atoms with Gasteiger partial charge in [-0.25, -0.2) is 0 Å². The second-order valence-electron chi connectivity index (χ2n) is 7.09. The highest BCUT2D eigenvalue weighted by atomic mass is 32.1. The zero-order valence-electron chi connectivity index (χ0n) is 14.4. The van der Waals surface area contributed by atoms with Crippen molar-refractivity contribution in [2.24, 2.45) is 0 Å². The molecule has 0 unspecified atom stereocenters. The van der Waals surface area contributed by atoms with Crippen molar-refractivity contribution < 1.29 is 0 Å². The first-order valence-electron chi connectivity index (χ1n) is 8.96. The second-order valence-corrected chi connectivity index (χ2v) is 8.17. The molecule has 0 saturated heterocycles. The van der Waals surface area contributed by atoms with Gasteiger partial charge in [0.15, 0.2) is 0 Å². The summed E-state index contributed by atoms with van der Waals surface area (Å²) in [4.78, 5) is 0. The summed E-state index contributed by atoms with van der Waals surface area (Å²) in [5.74, 6) is 0. The third-order valence-electron chi connectivity index (χ3n) is 5.49. The molecule has 0 atom stereocenters. The molecule has 0 radical (unpaired) electrons. The Hall–Kier alpha value is -2.90. The summed E-state index contributed by atoms with van der Waals surface area (Å²) in [5, 5.41) is 10.8. The summed E-state index contributed by atoms with van der Waals surface area (Å²) in [6.45, 7) is 2.17. The molecular formula is C25H16S. The largest absolute Gasteiger partial charge is 0.135 e. The van der Waals surface area contributed by atoms with Crippen LogP contribution in [0.5, 0.6) is 0 Å². The maximum absolute atomic E-state index is 2.41. The fourth-order valence-corrected chi connectivity index (χ4v) is 5.41. The zero-order chi connectivity index (χ0) is 17.3. The van der Waals surface area contributed by atoms with E-state index in [1.165, 1.54) is 58.1 Å². The number of hydrogen-bond donors (Lipinski definition) is 0. The van der Waals surface area contributed by atoms with Gasteiger partial charge >= 0.3 is 0 Å². The minimum Gasteiger partial charge on any atom is -0.135 e. The van der Waals surface area contributed by atoms with Crippen molar-refractivity contribution in [1.82, 2.24) is 0 Å². The second kappa shape index (κ2) is 5.06. The van der Waals surface area contributed by atoms with Crippen molar-refractivity contribution in [1.29, 1.82) is 0 Å². The molecule has 26 heavy (non-hydrogen) atoms. The Morgan fingerprint density at radius 2 is 1.08 bits per heavy atom. The molecule has 0 nitrogen and oxygen atoms in total. The Morgan fingerprint density at radius 1 is 0.462 bits per heavy atom. The van der Waals surface area contributed by atoms with Crippen LogP contribution in [-0.2, 0) is 0 Å². The number of hydrogen-bond acceptors (Lipinski definition) is 1. The van der Waals surface area contributed by atoms with Crippen molar-refractivity contribution in [2.75, 3.05) is 0 Å². The molecule has 0 N–H and O–H groups in total. The Labute approximate surface area is 155 Å². The highest BCUT2D eigenvalue weighted by molar-refractivity contribution is 7.25. The molecule has 0 aliphatic carbocycles. The van der Waals surface area contributed by atoms with Crippen LogP contribution < -0.4 is 0 Å². The highest BCUT2D eigenvalue weighted by Gasteiger charge is 2.12. The van der Waals surface area contributed by atoms with Crippen LogP contribution >= 0.6 is 11.3 Å². The van der Waals surface area contributed by atoms with Crippen LogP contribution in [0.25, 0.3) is 52.5 Å². The zero-order valence-corrected chi connectivity index (χ0v) is 15.2. The van der Waals surface area contributed by atoms with Crippen LogP contribution in [-0.4, -0.2) is 0 Å². The molecule has 1 aromatic heterocycles. The predicted molar refractivity (Wildman–Crippen MR) is 117 cm³/mol. The molecule has 0 spiro atoms. The van der Waals surface area contributed by atoms with Gasteiger partial charge in [-0.3, -0.25) is 0 Å². The van der Waals surface area contributed by atoms with Gasteiger partial charge in [0.1, 0.15) is 0 Å². The Morgan fingerprint density at radius 3 is 1.88 bits per heavy atom. The van der Waals surface area contributed by atoms with E-state index < -0.39 is 0 Å². The van der Waals surface area contributed by atoms with Crippen molar-refractivity contribution in [3.05, 3.63) is 84.4 Å². The van der Waals surface area contributed by atoms with Crippen LogP contribution in [0.4, 0.5) is 0 Å². The number of fused-ring (bicyclic) bond motifs is 9. The van der Waals surface area contributed by atoms with E-state index in [9.17, 15) is 0 Å². The Kier molecular flexibility index (Phi) is 2.78. The van der Waals surface area contributed by atoms with E-state index in [1.54, 1.807) is 0 Å². The van der Waals surface area contributed by atoms with Gasteiger partial charge in [0.05, 0.1) is 0 Å². The fraction of sp³-hybridized carbons (Fsp3) is 0.0400. The first-order chi connectivity index (χ1) is 12.8. The molecule has 6 aromatic rings. The minimum atomic E-state index is 1.31. The van der Waals surface area contributed by atoms with Gasteiger partial charge in [-0.15, -0.1) is 11.3 Å². The normalized spacial score (nSPS) is 12.0. The molecular weight excluding hydrogens is 332 g/mol. The summed E-state index contributed by atoms with van der Waals surface area (Å²) in [5.41, 5.74) is 1.31. The molecule has 0 saturated carbocycles. The average Bonchev–Trinajstić information content (AvgIpc) is 3.04. The first kappa shape index (κ1) is 14.3. The molecule has 1 heteroatoms. The smallest absolute Gasteiger partial charge is 0.0362 e. The van der Waals surface area contributed by atoms with Crippen LogP contribution in [0, 0.1) is 6.92 Å². The molecule has 5 aromatic carbocycles. The molecule has 0 fully saturated rings. The Balaban J connectivity index is 1.95. The molecule has 0 bridgehead atoms. The molecule has 6 rings (SSSR count). The van der Waals surface area contributed by atoms with Gasteiger partial charge in [0.25, 0.3) is 0 Å². The monoisotopic (exact) mass is 348 g/mol. The lowest BCUT2D eigenvalue weighted by Crippen LogP contribution is -1.84. The summed E-state index contributed by atoms with van der Waals surface area (Å²) in [7, 11) is 0. The number of thiophene rings is 1. The van der Waals surface area contributed by atoms with Crippen LogP contribution in [0.3, 0.4) is 0 Å². The lowest BCUT2D eigenvalue weighted by Gasteiger charge is -2.11. The lowest BCUT2D eigenvalue weighted by atomic mass is 9.92. The van der Waals surface area contributed by atoms with E-state index >= 15 is 0 Å². The quantitative estimate of drug-likeness (QED) is 0.245. The minimum absolute atomic E-state index is 1.31. The van der Waals surface area contributed by atoms with E-state index in [4.69, 9.17) is 0 Å². The van der Waals surface area contributed by atoms with Crippen molar-refractivity contribution in [2.45, 2.75) is 6.92 Å². The number of benzene rings is 5. The van der Waals surface area contributed by atoms with Gasteiger partial charge < -0.3 is 0 Å². The van der Waals surface area contributed by atoms with E-state index in [0.717, 1.165) is 0 Å². The van der Waals surface area contributed by atoms with Crippen molar-refractivity contribution in [3.8, 4) is 0 Å². The van der Waals surface area contributed by atoms with Gasteiger partial charge in [-0.2, -0.15) is 0 Å². The summed E-state index contributed by atoms with van der Waals surface area (Å²) in [6.07, 6.45) is 0. The summed E-state index contributed by atoms with van der Waals surface area (Å²) < 4.78 is 2.73. The molecule has 0 aliphatic rings. The maximum Gasteiger partial charge on any atom is 0.0362 e. The third-order valence-corrected chi connectivity index (χ3v) is 6.62. The molecule has 1 heterocycles. The first-order valence-corrected chi connectivity index (χ1v) is 9.77. The van der Waals surface area contributed by atoms with Crippen molar-refractivity contribution >= 4 is 63.8 Å². The number of aryl methyl sites for hydroxylation is 1. The molecule has 0 aliphatic heterocycles. The van der Waals surface area contributed by atoms with Gasteiger partial charge in [-0.1, -0.05) is 66.2 Å². The van der Waals surface area contributed by atoms with Crippen molar-refractivity contribution in [3.63, 3.8) is 0 Å². The SMILES string of the molecule is Cc1ccc2c(c1)c1ccccc1c1cc3c(cc21)sc1ccccc13. The van der Waals surface area contributed by atoms with E-state index in [-0.39, 0.29) is 0 Å². The van der Waals surface area contributed by atoms with E-state index in [2.05, 4.69) is 85.8 Å². The van der Waals surface area contributed by atoms with Crippen LogP contribution in [0.15, 0.2) is 78.9 Å². The molecule has 122 valence electrons. The average molecular weight is 348 g/mol. The van der Waals surface area contributed by atoms with Crippen LogP contribution in [0.1, 0.15) is 5.56 Å².